The number of carbonyl (C=O) groups is 1. The summed E-state index contributed by atoms with van der Waals surface area (Å²) < 4.78 is 1.02. The minimum absolute atomic E-state index is 0.145. The smallest absolute Gasteiger partial charge is 0.246 e. The predicted molar refractivity (Wildman–Crippen MR) is 70.0 cm³/mol. The van der Waals surface area contributed by atoms with E-state index in [2.05, 4.69) is 40.3 Å². The molecule has 1 N–H and O–H groups in total. The van der Waals surface area contributed by atoms with Crippen molar-refractivity contribution in [2.24, 2.45) is 0 Å². The van der Waals surface area contributed by atoms with Crippen LogP contribution >= 0.6 is 15.9 Å². The summed E-state index contributed by atoms with van der Waals surface area (Å²) in [6.45, 7) is 5.28. The van der Waals surface area contributed by atoms with Gasteiger partial charge in [-0.3, -0.25) is 4.79 Å². The van der Waals surface area contributed by atoms with Crippen molar-refractivity contribution in [1.29, 1.82) is 0 Å². The number of carbonyl (C=O) groups excluding carboxylic acids is 1. The number of hydrogen-bond donors (Lipinski definition) is 1. The molecule has 4 heteroatoms. The predicted octanol–water partition coefficient (Wildman–Crippen LogP) is 2.93. The van der Waals surface area contributed by atoms with Crippen molar-refractivity contribution in [1.82, 2.24) is 0 Å². The molecule has 0 bridgehead atoms. The molecule has 0 radical (unpaired) electrons. The second-order valence-corrected chi connectivity index (χ2v) is 4.89. The van der Waals surface area contributed by atoms with Gasteiger partial charge in [0.15, 0.2) is 0 Å². The third-order valence-electron chi connectivity index (χ3n) is 2.67. The second-order valence-electron chi connectivity index (χ2n) is 4.04. The Morgan fingerprint density at radius 2 is 2.25 bits per heavy atom. The van der Waals surface area contributed by atoms with E-state index in [-0.39, 0.29) is 5.91 Å². The lowest BCUT2D eigenvalue weighted by Gasteiger charge is -2.31. The van der Waals surface area contributed by atoms with Crippen molar-refractivity contribution in [2.75, 3.05) is 23.3 Å². The first kappa shape index (κ1) is 11.5. The summed E-state index contributed by atoms with van der Waals surface area (Å²) in [5.74, 6) is 0.145. The van der Waals surface area contributed by atoms with E-state index in [1.54, 1.807) is 0 Å². The van der Waals surface area contributed by atoms with Gasteiger partial charge in [-0.2, -0.15) is 0 Å². The van der Waals surface area contributed by atoms with Crippen LogP contribution in [0.1, 0.15) is 18.9 Å². The maximum Gasteiger partial charge on any atom is 0.246 e. The number of halogens is 1. The lowest BCUT2D eigenvalue weighted by Crippen LogP contribution is -2.40. The molecule has 86 valence electrons. The molecule has 1 aromatic carbocycles. The summed E-state index contributed by atoms with van der Waals surface area (Å²) in [5.41, 5.74) is 3.17. The van der Waals surface area contributed by atoms with Crippen LogP contribution in [-0.4, -0.2) is 19.0 Å². The standard InChI is InChI=1S/C12H15BrN2O/c1-3-4-15-10-6-8(2)5-9(13)12(10)14-7-11(15)16/h5-6,14H,3-4,7H2,1-2H3. The van der Waals surface area contributed by atoms with Crippen LogP contribution < -0.4 is 10.2 Å². The molecule has 1 aliphatic heterocycles. The molecule has 0 saturated heterocycles. The van der Waals surface area contributed by atoms with Crippen molar-refractivity contribution in [2.45, 2.75) is 20.3 Å². The molecule has 16 heavy (non-hydrogen) atoms. The first-order valence-corrected chi connectivity index (χ1v) is 6.27. The highest BCUT2D eigenvalue weighted by molar-refractivity contribution is 9.10. The molecular weight excluding hydrogens is 268 g/mol. The van der Waals surface area contributed by atoms with Crippen molar-refractivity contribution in [3.63, 3.8) is 0 Å². The molecular formula is C12H15BrN2O. The zero-order valence-electron chi connectivity index (χ0n) is 9.51. The highest BCUT2D eigenvalue weighted by Crippen LogP contribution is 2.37. The molecule has 0 aliphatic carbocycles. The highest BCUT2D eigenvalue weighted by atomic mass is 79.9. The zero-order valence-corrected chi connectivity index (χ0v) is 11.1. The van der Waals surface area contributed by atoms with Gasteiger partial charge in [0.05, 0.1) is 17.9 Å². The average molecular weight is 283 g/mol. The van der Waals surface area contributed by atoms with E-state index < -0.39 is 0 Å². The van der Waals surface area contributed by atoms with E-state index in [1.165, 1.54) is 0 Å². The van der Waals surface area contributed by atoms with Crippen LogP contribution in [0, 0.1) is 6.92 Å². The maximum absolute atomic E-state index is 11.8. The summed E-state index contributed by atoms with van der Waals surface area (Å²) in [6.07, 6.45) is 0.969. The normalized spacial score (nSPS) is 14.7. The molecule has 0 saturated carbocycles. The highest BCUT2D eigenvalue weighted by Gasteiger charge is 2.24. The molecule has 1 aliphatic rings. The van der Waals surface area contributed by atoms with Gasteiger partial charge >= 0.3 is 0 Å². The Morgan fingerprint density at radius 3 is 2.94 bits per heavy atom. The topological polar surface area (TPSA) is 32.3 Å². The van der Waals surface area contributed by atoms with E-state index in [4.69, 9.17) is 0 Å². The Hall–Kier alpha value is -1.03. The monoisotopic (exact) mass is 282 g/mol. The second kappa shape index (κ2) is 4.45. The van der Waals surface area contributed by atoms with Crippen molar-refractivity contribution in [3.05, 3.63) is 22.2 Å². The molecule has 0 aromatic heterocycles. The summed E-state index contributed by atoms with van der Waals surface area (Å²) in [4.78, 5) is 13.7. The van der Waals surface area contributed by atoms with Gasteiger partial charge in [-0.25, -0.2) is 0 Å². The number of hydrogen-bond acceptors (Lipinski definition) is 2. The SMILES string of the molecule is CCCN1C(=O)CNc2c(Br)cc(C)cc21. The van der Waals surface area contributed by atoms with Gasteiger partial charge in [-0.15, -0.1) is 0 Å². The molecule has 1 aromatic rings. The fourth-order valence-corrected chi connectivity index (χ4v) is 2.68. The number of amides is 1. The van der Waals surface area contributed by atoms with Gasteiger partial charge < -0.3 is 10.2 Å². The van der Waals surface area contributed by atoms with E-state index in [0.717, 1.165) is 34.4 Å². The quantitative estimate of drug-likeness (QED) is 0.905. The van der Waals surface area contributed by atoms with Gasteiger partial charge in [0.1, 0.15) is 0 Å². The van der Waals surface area contributed by atoms with E-state index in [1.807, 2.05) is 11.8 Å². The molecule has 0 spiro atoms. The first-order valence-electron chi connectivity index (χ1n) is 5.48. The molecule has 0 unspecified atom stereocenters. The summed E-state index contributed by atoms with van der Waals surface area (Å²) >= 11 is 3.53. The summed E-state index contributed by atoms with van der Waals surface area (Å²) in [7, 11) is 0. The minimum Gasteiger partial charge on any atom is -0.374 e. The van der Waals surface area contributed by atoms with Crippen molar-refractivity contribution in [3.8, 4) is 0 Å². The summed E-state index contributed by atoms with van der Waals surface area (Å²) in [6, 6.07) is 4.12. The lowest BCUT2D eigenvalue weighted by atomic mass is 10.1. The van der Waals surface area contributed by atoms with Crippen LogP contribution in [0.5, 0.6) is 0 Å². The largest absolute Gasteiger partial charge is 0.374 e. The van der Waals surface area contributed by atoms with E-state index >= 15 is 0 Å². The average Bonchev–Trinajstić information content (AvgIpc) is 2.22. The Bertz CT molecular complexity index is 431. The maximum atomic E-state index is 11.8. The lowest BCUT2D eigenvalue weighted by molar-refractivity contribution is -0.117. The Labute approximate surface area is 104 Å². The Morgan fingerprint density at radius 1 is 1.50 bits per heavy atom. The van der Waals surface area contributed by atoms with Crippen LogP contribution in [0.2, 0.25) is 0 Å². The van der Waals surface area contributed by atoms with Crippen molar-refractivity contribution >= 4 is 33.2 Å². The third-order valence-corrected chi connectivity index (χ3v) is 3.29. The minimum atomic E-state index is 0.145. The zero-order chi connectivity index (χ0) is 11.7. The van der Waals surface area contributed by atoms with Crippen LogP contribution in [0.15, 0.2) is 16.6 Å². The number of benzene rings is 1. The molecule has 0 atom stereocenters. The number of anilines is 2. The first-order chi connectivity index (χ1) is 7.63. The number of nitrogens with zero attached hydrogens (tertiary/aromatic N) is 1. The molecule has 1 amide bonds. The Kier molecular flexibility index (Phi) is 3.19. The van der Waals surface area contributed by atoms with Crippen molar-refractivity contribution < 1.29 is 4.79 Å². The number of rotatable bonds is 2. The number of nitrogens with one attached hydrogen (secondary N) is 1. The molecule has 3 nitrogen and oxygen atoms in total. The van der Waals surface area contributed by atoms with Gasteiger partial charge in [0.25, 0.3) is 0 Å². The van der Waals surface area contributed by atoms with Crippen LogP contribution in [0.4, 0.5) is 11.4 Å². The van der Waals surface area contributed by atoms with Gasteiger partial charge in [-0.05, 0) is 47.0 Å². The fourth-order valence-electron chi connectivity index (χ4n) is 1.97. The fraction of sp³-hybridized carbons (Fsp3) is 0.417. The molecule has 2 rings (SSSR count). The van der Waals surface area contributed by atoms with Gasteiger partial charge in [0.2, 0.25) is 5.91 Å². The molecule has 1 heterocycles. The van der Waals surface area contributed by atoms with Crippen LogP contribution in [0.3, 0.4) is 0 Å². The van der Waals surface area contributed by atoms with Crippen LogP contribution in [-0.2, 0) is 4.79 Å². The van der Waals surface area contributed by atoms with E-state index in [9.17, 15) is 4.79 Å². The summed E-state index contributed by atoms with van der Waals surface area (Å²) in [5, 5.41) is 3.16. The van der Waals surface area contributed by atoms with E-state index in [0.29, 0.717) is 6.54 Å². The number of aryl methyl sites for hydroxylation is 1. The van der Waals surface area contributed by atoms with Gasteiger partial charge in [0, 0.05) is 11.0 Å². The Balaban J connectivity index is 2.49. The van der Waals surface area contributed by atoms with Crippen LogP contribution in [0.25, 0.3) is 0 Å². The van der Waals surface area contributed by atoms with Gasteiger partial charge in [-0.1, -0.05) is 6.92 Å². The molecule has 0 fully saturated rings. The third kappa shape index (κ3) is 1.94. The number of fused-ring (bicyclic) bond motifs is 1.